The number of hydrogen-bond acceptors (Lipinski definition) is 4. The maximum Gasteiger partial charge on any atom is 0.315 e. The van der Waals surface area contributed by atoms with E-state index in [1.807, 2.05) is 11.8 Å². The Kier molecular flexibility index (Phi) is 6.53. The van der Waals surface area contributed by atoms with E-state index in [-0.39, 0.29) is 30.1 Å². The van der Waals surface area contributed by atoms with Crippen LogP contribution in [-0.2, 0) is 9.53 Å². The Bertz CT molecular complexity index is 459. The van der Waals surface area contributed by atoms with Crippen LogP contribution in [0.3, 0.4) is 0 Å². The lowest BCUT2D eigenvalue weighted by atomic mass is 9.96. The van der Waals surface area contributed by atoms with Crippen LogP contribution < -0.4 is 16.0 Å². The van der Waals surface area contributed by atoms with Gasteiger partial charge in [0.25, 0.3) is 0 Å². The molecule has 0 spiro atoms. The van der Waals surface area contributed by atoms with Gasteiger partial charge >= 0.3 is 6.03 Å². The minimum Gasteiger partial charge on any atom is -0.375 e. The minimum atomic E-state index is -0.243. The van der Waals surface area contributed by atoms with Crippen molar-refractivity contribution in [1.82, 2.24) is 20.9 Å². The molecule has 7 heteroatoms. The van der Waals surface area contributed by atoms with Gasteiger partial charge in [-0.2, -0.15) is 0 Å². The third-order valence-corrected chi connectivity index (χ3v) is 5.66. The van der Waals surface area contributed by atoms with Crippen molar-refractivity contribution in [3.8, 4) is 0 Å². The fourth-order valence-corrected chi connectivity index (χ4v) is 4.11. The molecule has 1 aliphatic carbocycles. The van der Waals surface area contributed by atoms with Gasteiger partial charge in [-0.25, -0.2) is 4.79 Å². The van der Waals surface area contributed by atoms with Crippen molar-refractivity contribution >= 4 is 11.9 Å². The third-order valence-electron chi connectivity index (χ3n) is 5.66. The molecule has 3 rings (SSSR count). The van der Waals surface area contributed by atoms with E-state index < -0.39 is 0 Å². The molecule has 3 amide bonds. The molecule has 0 aromatic rings. The molecule has 2 aliphatic heterocycles. The second-order valence-electron chi connectivity index (χ2n) is 7.56. The molecule has 142 valence electrons. The summed E-state index contributed by atoms with van der Waals surface area (Å²) < 4.78 is 5.57. The van der Waals surface area contributed by atoms with Crippen LogP contribution in [0.1, 0.15) is 51.9 Å². The highest BCUT2D eigenvalue weighted by molar-refractivity contribution is 5.82. The molecule has 3 aliphatic rings. The number of piperidine rings is 1. The van der Waals surface area contributed by atoms with Crippen LogP contribution in [0.5, 0.6) is 0 Å². The minimum absolute atomic E-state index is 0.0485. The second kappa shape index (κ2) is 8.85. The molecule has 2 saturated heterocycles. The summed E-state index contributed by atoms with van der Waals surface area (Å²) in [7, 11) is 0. The van der Waals surface area contributed by atoms with E-state index in [1.54, 1.807) is 0 Å². The molecule has 7 nitrogen and oxygen atoms in total. The number of amides is 3. The monoisotopic (exact) mass is 352 g/mol. The molecule has 0 unspecified atom stereocenters. The first-order chi connectivity index (χ1) is 12.1. The standard InChI is InChI=1S/C18H32N4O3/c1-13-16(19-9-12-25-13)17(23)22-10-7-15(8-11-22)21-18(24)20-14-5-3-2-4-6-14/h13-16,19H,2-12H2,1H3,(H2,20,21,24)/t13-,16+/m1/s1. The highest BCUT2D eigenvalue weighted by atomic mass is 16.5. The van der Waals surface area contributed by atoms with Gasteiger partial charge in [0.2, 0.25) is 5.91 Å². The first-order valence-electron chi connectivity index (χ1n) is 9.84. The summed E-state index contributed by atoms with van der Waals surface area (Å²) >= 11 is 0. The van der Waals surface area contributed by atoms with Crippen molar-refractivity contribution in [3.05, 3.63) is 0 Å². The van der Waals surface area contributed by atoms with E-state index in [2.05, 4.69) is 16.0 Å². The predicted octanol–water partition coefficient (Wildman–Crippen LogP) is 0.986. The number of morpholine rings is 1. The first kappa shape index (κ1) is 18.5. The van der Waals surface area contributed by atoms with E-state index >= 15 is 0 Å². The van der Waals surface area contributed by atoms with Gasteiger partial charge in [0, 0.05) is 31.7 Å². The Labute approximate surface area is 150 Å². The van der Waals surface area contributed by atoms with Crippen molar-refractivity contribution in [3.63, 3.8) is 0 Å². The normalized spacial score (nSPS) is 29.2. The predicted molar refractivity (Wildman–Crippen MR) is 95.3 cm³/mol. The molecular weight excluding hydrogens is 320 g/mol. The molecule has 25 heavy (non-hydrogen) atoms. The maximum absolute atomic E-state index is 12.6. The van der Waals surface area contributed by atoms with E-state index in [1.165, 1.54) is 19.3 Å². The third kappa shape index (κ3) is 5.07. The largest absolute Gasteiger partial charge is 0.375 e. The Hall–Kier alpha value is -1.34. The molecule has 1 saturated carbocycles. The number of urea groups is 1. The Morgan fingerprint density at radius 3 is 2.28 bits per heavy atom. The summed E-state index contributed by atoms with van der Waals surface area (Å²) in [4.78, 5) is 26.7. The van der Waals surface area contributed by atoms with Gasteiger partial charge in [0.15, 0.2) is 0 Å². The summed E-state index contributed by atoms with van der Waals surface area (Å²) in [5.41, 5.74) is 0. The number of carbonyl (C=O) groups excluding carboxylic acids is 2. The number of rotatable bonds is 3. The van der Waals surface area contributed by atoms with E-state index in [0.29, 0.717) is 25.7 Å². The van der Waals surface area contributed by atoms with Crippen molar-refractivity contribution in [1.29, 1.82) is 0 Å². The zero-order valence-electron chi connectivity index (χ0n) is 15.3. The summed E-state index contributed by atoms with van der Waals surface area (Å²) in [5, 5.41) is 9.45. The van der Waals surface area contributed by atoms with Crippen LogP contribution in [0.2, 0.25) is 0 Å². The number of nitrogens with one attached hydrogen (secondary N) is 3. The summed E-state index contributed by atoms with van der Waals surface area (Å²) in [5.74, 6) is 0.123. The summed E-state index contributed by atoms with van der Waals surface area (Å²) in [6.07, 6.45) is 7.43. The van der Waals surface area contributed by atoms with Crippen LogP contribution in [0.15, 0.2) is 0 Å². The number of ether oxygens (including phenoxy) is 1. The van der Waals surface area contributed by atoms with Gasteiger partial charge in [-0.1, -0.05) is 19.3 Å². The zero-order valence-corrected chi connectivity index (χ0v) is 15.3. The lowest BCUT2D eigenvalue weighted by molar-refractivity contribution is -0.140. The van der Waals surface area contributed by atoms with Crippen molar-refractivity contribution < 1.29 is 14.3 Å². The fourth-order valence-electron chi connectivity index (χ4n) is 4.11. The van der Waals surface area contributed by atoms with Crippen molar-refractivity contribution in [2.45, 2.75) is 76.1 Å². The van der Waals surface area contributed by atoms with Crippen LogP contribution >= 0.6 is 0 Å². The summed E-state index contributed by atoms with van der Waals surface area (Å²) in [6, 6.07) is 0.190. The maximum atomic E-state index is 12.6. The van der Waals surface area contributed by atoms with Crippen LogP contribution in [0.4, 0.5) is 4.79 Å². The number of nitrogens with zero attached hydrogens (tertiary/aromatic N) is 1. The lowest BCUT2D eigenvalue weighted by Gasteiger charge is -2.37. The van der Waals surface area contributed by atoms with Crippen molar-refractivity contribution in [2.24, 2.45) is 0 Å². The van der Waals surface area contributed by atoms with Crippen molar-refractivity contribution in [2.75, 3.05) is 26.2 Å². The van der Waals surface area contributed by atoms with Gasteiger partial charge in [0.1, 0.15) is 6.04 Å². The molecule has 0 bridgehead atoms. The molecule has 0 radical (unpaired) electrons. The van der Waals surface area contributed by atoms with Gasteiger partial charge < -0.3 is 25.6 Å². The molecule has 0 aromatic carbocycles. The smallest absolute Gasteiger partial charge is 0.315 e. The number of hydrogen-bond donors (Lipinski definition) is 3. The zero-order chi connectivity index (χ0) is 17.6. The molecule has 3 N–H and O–H groups in total. The van der Waals surface area contributed by atoms with Crippen LogP contribution in [-0.4, -0.2) is 67.3 Å². The Balaban J connectivity index is 1.39. The number of likely N-dealkylation sites (tertiary alicyclic amines) is 1. The molecule has 3 fully saturated rings. The lowest BCUT2D eigenvalue weighted by Crippen LogP contribution is -2.58. The van der Waals surface area contributed by atoms with E-state index in [9.17, 15) is 9.59 Å². The van der Waals surface area contributed by atoms with E-state index in [0.717, 1.165) is 32.2 Å². The van der Waals surface area contributed by atoms with Gasteiger partial charge in [-0.05, 0) is 32.6 Å². The van der Waals surface area contributed by atoms with Crippen LogP contribution in [0.25, 0.3) is 0 Å². The van der Waals surface area contributed by atoms with E-state index in [4.69, 9.17) is 4.74 Å². The number of carbonyl (C=O) groups is 2. The van der Waals surface area contributed by atoms with Gasteiger partial charge in [-0.3, -0.25) is 4.79 Å². The Morgan fingerprint density at radius 1 is 1.00 bits per heavy atom. The highest BCUT2D eigenvalue weighted by Crippen LogP contribution is 2.18. The highest BCUT2D eigenvalue weighted by Gasteiger charge is 2.33. The second-order valence-corrected chi connectivity index (χ2v) is 7.56. The topological polar surface area (TPSA) is 82.7 Å². The van der Waals surface area contributed by atoms with Crippen LogP contribution in [0, 0.1) is 0 Å². The fraction of sp³-hybridized carbons (Fsp3) is 0.889. The van der Waals surface area contributed by atoms with Gasteiger partial charge in [-0.15, -0.1) is 0 Å². The molecular formula is C18H32N4O3. The Morgan fingerprint density at radius 2 is 1.64 bits per heavy atom. The quantitative estimate of drug-likeness (QED) is 0.707. The molecule has 2 heterocycles. The summed E-state index contributed by atoms with van der Waals surface area (Å²) in [6.45, 7) is 4.71. The molecule has 0 aromatic heterocycles. The average Bonchev–Trinajstić information content (AvgIpc) is 2.63. The van der Waals surface area contributed by atoms with Gasteiger partial charge in [0.05, 0.1) is 12.7 Å². The molecule has 2 atom stereocenters. The first-order valence-corrected chi connectivity index (χ1v) is 9.84. The average molecular weight is 352 g/mol. The SMILES string of the molecule is C[C@H]1OCCN[C@@H]1C(=O)N1CCC(NC(=O)NC2CCCCC2)CC1.